The zero-order valence-corrected chi connectivity index (χ0v) is 10.9. The van der Waals surface area contributed by atoms with Gasteiger partial charge in [0, 0.05) is 6.42 Å². The van der Waals surface area contributed by atoms with E-state index in [2.05, 4.69) is 4.99 Å². The van der Waals surface area contributed by atoms with Crippen LogP contribution in [0.5, 0.6) is 11.5 Å². The van der Waals surface area contributed by atoms with Crippen LogP contribution in [-0.2, 0) is 11.2 Å². The van der Waals surface area contributed by atoms with Crippen LogP contribution in [0.1, 0.15) is 12.5 Å². The van der Waals surface area contributed by atoms with Gasteiger partial charge < -0.3 is 19.9 Å². The van der Waals surface area contributed by atoms with Crippen molar-refractivity contribution in [2.24, 2.45) is 10.7 Å². The van der Waals surface area contributed by atoms with Crippen molar-refractivity contribution in [1.82, 2.24) is 0 Å². The minimum Gasteiger partial charge on any atom is -0.493 e. The van der Waals surface area contributed by atoms with Gasteiger partial charge in [-0.1, -0.05) is 6.07 Å². The molecule has 0 aromatic heterocycles. The summed E-state index contributed by atoms with van der Waals surface area (Å²) in [7, 11) is 3.24. The van der Waals surface area contributed by atoms with E-state index in [1.165, 1.54) is 0 Å². The van der Waals surface area contributed by atoms with Crippen molar-refractivity contribution in [3.63, 3.8) is 0 Å². The molecule has 0 spiro atoms. The topological polar surface area (TPSA) is 66.1 Å². The van der Waals surface area contributed by atoms with Crippen molar-refractivity contribution >= 4 is 6.02 Å². The van der Waals surface area contributed by atoms with Gasteiger partial charge in [-0.05, 0) is 24.6 Å². The lowest BCUT2D eigenvalue weighted by atomic mass is 9.94. The maximum atomic E-state index is 5.55. The molecule has 1 aliphatic rings. The molecule has 0 bridgehead atoms. The van der Waals surface area contributed by atoms with E-state index in [1.807, 2.05) is 25.1 Å². The van der Waals surface area contributed by atoms with E-state index < -0.39 is 0 Å². The number of amidine groups is 1. The predicted octanol–water partition coefficient (Wildman–Crippen LogP) is 1.35. The molecule has 1 aliphatic heterocycles. The second-order valence-electron chi connectivity index (χ2n) is 4.60. The molecule has 5 heteroatoms. The van der Waals surface area contributed by atoms with Crippen LogP contribution >= 0.6 is 0 Å². The van der Waals surface area contributed by atoms with E-state index >= 15 is 0 Å². The van der Waals surface area contributed by atoms with Gasteiger partial charge in [-0.2, -0.15) is 0 Å². The molecule has 0 saturated carbocycles. The zero-order chi connectivity index (χ0) is 13.2. The molecule has 0 fully saturated rings. The lowest BCUT2D eigenvalue weighted by molar-refractivity contribution is 0.263. The average Bonchev–Trinajstić information content (AvgIpc) is 2.68. The number of ether oxygens (including phenoxy) is 3. The Kier molecular flexibility index (Phi) is 3.32. The van der Waals surface area contributed by atoms with E-state index in [9.17, 15) is 0 Å². The number of hydrogen-bond donors (Lipinski definition) is 1. The molecule has 0 saturated heterocycles. The smallest absolute Gasteiger partial charge is 0.282 e. The molecule has 18 heavy (non-hydrogen) atoms. The van der Waals surface area contributed by atoms with Gasteiger partial charge in [-0.25, -0.2) is 4.99 Å². The highest BCUT2D eigenvalue weighted by molar-refractivity contribution is 5.73. The Morgan fingerprint density at radius 1 is 1.33 bits per heavy atom. The van der Waals surface area contributed by atoms with Crippen LogP contribution in [0.2, 0.25) is 0 Å². The lowest BCUT2D eigenvalue weighted by Crippen LogP contribution is -2.26. The minimum atomic E-state index is -0.302. The molecular formula is C13H18N2O3. The quantitative estimate of drug-likeness (QED) is 0.876. The summed E-state index contributed by atoms with van der Waals surface area (Å²) in [4.78, 5) is 4.31. The molecule has 1 unspecified atom stereocenters. The first-order chi connectivity index (χ1) is 8.56. The van der Waals surface area contributed by atoms with Gasteiger partial charge in [0.15, 0.2) is 11.5 Å². The first-order valence-corrected chi connectivity index (χ1v) is 5.75. The molecule has 5 nitrogen and oxygen atoms in total. The van der Waals surface area contributed by atoms with Crippen molar-refractivity contribution in [1.29, 1.82) is 0 Å². The van der Waals surface area contributed by atoms with Crippen LogP contribution in [0.3, 0.4) is 0 Å². The normalized spacial score (nSPS) is 22.3. The monoisotopic (exact) mass is 250 g/mol. The molecule has 0 radical (unpaired) electrons. The van der Waals surface area contributed by atoms with Gasteiger partial charge in [0.1, 0.15) is 12.1 Å². The standard InChI is InChI=1S/C13H18N2O3/c1-13(8-18-12(14)15-13)7-9-4-5-10(16-2)11(6-9)17-3/h4-6H,7-8H2,1-3H3,(H2,14,15). The number of aliphatic imine (C=N–C) groups is 1. The van der Waals surface area contributed by atoms with Crippen LogP contribution < -0.4 is 15.2 Å². The number of nitrogens with zero attached hydrogens (tertiary/aromatic N) is 1. The Hall–Kier alpha value is -1.91. The van der Waals surface area contributed by atoms with Crippen molar-refractivity contribution in [2.75, 3.05) is 20.8 Å². The summed E-state index contributed by atoms with van der Waals surface area (Å²) in [5, 5.41) is 0. The summed E-state index contributed by atoms with van der Waals surface area (Å²) in [5.41, 5.74) is 6.36. The molecule has 1 heterocycles. The first-order valence-electron chi connectivity index (χ1n) is 5.75. The van der Waals surface area contributed by atoms with E-state index in [0.29, 0.717) is 6.61 Å². The largest absolute Gasteiger partial charge is 0.493 e. The zero-order valence-electron chi connectivity index (χ0n) is 10.9. The van der Waals surface area contributed by atoms with Crippen LogP contribution in [-0.4, -0.2) is 32.4 Å². The van der Waals surface area contributed by atoms with E-state index in [0.717, 1.165) is 23.5 Å². The molecule has 98 valence electrons. The van der Waals surface area contributed by atoms with Gasteiger partial charge >= 0.3 is 0 Å². The second kappa shape index (κ2) is 4.76. The number of benzene rings is 1. The highest BCUT2D eigenvalue weighted by atomic mass is 16.5. The van der Waals surface area contributed by atoms with Gasteiger partial charge in [0.05, 0.1) is 14.2 Å². The maximum Gasteiger partial charge on any atom is 0.282 e. The Labute approximate surface area is 107 Å². The summed E-state index contributed by atoms with van der Waals surface area (Å²) in [6.45, 7) is 2.52. The van der Waals surface area contributed by atoms with E-state index in [-0.39, 0.29) is 11.6 Å². The van der Waals surface area contributed by atoms with Gasteiger partial charge in [0.25, 0.3) is 6.02 Å². The number of nitrogens with two attached hydrogens (primary N) is 1. The van der Waals surface area contributed by atoms with Gasteiger partial charge in [0.2, 0.25) is 0 Å². The van der Waals surface area contributed by atoms with Crippen LogP contribution in [0.15, 0.2) is 23.2 Å². The SMILES string of the molecule is COc1ccc(CC2(C)COC(N)=N2)cc1OC. The number of rotatable bonds is 4. The first kappa shape index (κ1) is 12.5. The fourth-order valence-electron chi connectivity index (χ4n) is 2.08. The Balaban J connectivity index is 2.20. The van der Waals surface area contributed by atoms with Crippen molar-refractivity contribution in [2.45, 2.75) is 18.9 Å². The van der Waals surface area contributed by atoms with E-state index in [4.69, 9.17) is 19.9 Å². The Morgan fingerprint density at radius 3 is 2.61 bits per heavy atom. The number of hydrogen-bond acceptors (Lipinski definition) is 5. The van der Waals surface area contributed by atoms with E-state index in [1.54, 1.807) is 14.2 Å². The molecule has 2 N–H and O–H groups in total. The number of methoxy groups -OCH3 is 2. The maximum absolute atomic E-state index is 5.55. The third kappa shape index (κ3) is 2.50. The molecule has 2 rings (SSSR count). The van der Waals surface area contributed by atoms with Crippen LogP contribution in [0, 0.1) is 0 Å². The van der Waals surface area contributed by atoms with Crippen molar-refractivity contribution in [3.8, 4) is 11.5 Å². The highest BCUT2D eigenvalue weighted by Gasteiger charge is 2.31. The molecule has 1 atom stereocenters. The summed E-state index contributed by atoms with van der Waals surface area (Å²) >= 11 is 0. The fraction of sp³-hybridized carbons (Fsp3) is 0.462. The second-order valence-corrected chi connectivity index (χ2v) is 4.60. The molecule has 1 aromatic rings. The molecule has 0 aliphatic carbocycles. The van der Waals surface area contributed by atoms with Gasteiger partial charge in [-0.15, -0.1) is 0 Å². The fourth-order valence-corrected chi connectivity index (χ4v) is 2.08. The minimum absolute atomic E-state index is 0.262. The lowest BCUT2D eigenvalue weighted by Gasteiger charge is -2.18. The highest BCUT2D eigenvalue weighted by Crippen LogP contribution is 2.30. The summed E-state index contributed by atoms with van der Waals surface area (Å²) in [5.74, 6) is 1.44. The van der Waals surface area contributed by atoms with Crippen molar-refractivity contribution < 1.29 is 14.2 Å². The summed E-state index contributed by atoms with van der Waals surface area (Å²) < 4.78 is 15.7. The summed E-state index contributed by atoms with van der Waals surface area (Å²) in [6.07, 6.45) is 0.744. The predicted molar refractivity (Wildman–Crippen MR) is 69.2 cm³/mol. The third-order valence-electron chi connectivity index (χ3n) is 2.94. The molecular weight excluding hydrogens is 232 g/mol. The summed E-state index contributed by atoms with van der Waals surface area (Å²) in [6, 6.07) is 6.10. The Morgan fingerprint density at radius 2 is 2.06 bits per heavy atom. The molecule has 1 aromatic carbocycles. The van der Waals surface area contributed by atoms with Crippen LogP contribution in [0.4, 0.5) is 0 Å². The Bertz CT molecular complexity index is 473. The van der Waals surface area contributed by atoms with Crippen molar-refractivity contribution in [3.05, 3.63) is 23.8 Å². The third-order valence-corrected chi connectivity index (χ3v) is 2.94. The average molecular weight is 250 g/mol. The van der Waals surface area contributed by atoms with Gasteiger partial charge in [-0.3, -0.25) is 0 Å². The van der Waals surface area contributed by atoms with Crippen LogP contribution in [0.25, 0.3) is 0 Å². The molecule has 0 amide bonds.